The first-order chi connectivity index (χ1) is 9.06. The Bertz CT molecular complexity index is 522. The van der Waals surface area contributed by atoms with Crippen molar-refractivity contribution in [3.63, 3.8) is 0 Å². The minimum Gasteiger partial charge on any atom is -0.445 e. The van der Waals surface area contributed by atoms with E-state index in [1.54, 1.807) is 18.2 Å². The van der Waals surface area contributed by atoms with Crippen LogP contribution < -0.4 is 20.7 Å². The van der Waals surface area contributed by atoms with E-state index in [1.807, 2.05) is 0 Å². The molecule has 0 radical (unpaired) electrons. The summed E-state index contributed by atoms with van der Waals surface area (Å²) in [4.78, 5) is 12.7. The second kappa shape index (κ2) is 4.29. The van der Waals surface area contributed by atoms with E-state index in [9.17, 15) is 15.0 Å². The Labute approximate surface area is 109 Å². The van der Waals surface area contributed by atoms with Gasteiger partial charge >= 0.3 is 0 Å². The summed E-state index contributed by atoms with van der Waals surface area (Å²) in [6.07, 6.45) is -1.51. The number of carbonyl (C=O) groups is 1. The van der Waals surface area contributed by atoms with Gasteiger partial charge in [-0.2, -0.15) is 0 Å². The van der Waals surface area contributed by atoms with Crippen LogP contribution >= 0.6 is 0 Å². The van der Waals surface area contributed by atoms with Gasteiger partial charge in [0.15, 0.2) is 0 Å². The van der Waals surface area contributed by atoms with Gasteiger partial charge in [-0.05, 0) is 24.6 Å². The fourth-order valence-corrected chi connectivity index (χ4v) is 2.53. The van der Waals surface area contributed by atoms with Gasteiger partial charge in [0.1, 0.15) is 12.0 Å². The molecule has 0 bridgehead atoms. The zero-order valence-corrected chi connectivity index (χ0v) is 10.1. The van der Waals surface area contributed by atoms with Gasteiger partial charge in [0.05, 0.1) is 11.7 Å². The van der Waals surface area contributed by atoms with Gasteiger partial charge in [0.2, 0.25) is 5.91 Å². The quantitative estimate of drug-likeness (QED) is 0.502. The van der Waals surface area contributed by atoms with Crippen LogP contribution in [0.3, 0.4) is 0 Å². The number of aliphatic hydroxyl groups excluding tert-OH is 2. The number of fused-ring (bicyclic) bond motifs is 1. The van der Waals surface area contributed by atoms with Gasteiger partial charge in [0, 0.05) is 12.1 Å². The van der Waals surface area contributed by atoms with Crippen molar-refractivity contribution < 1.29 is 19.7 Å². The minimum atomic E-state index is -1.19. The molecule has 1 saturated heterocycles. The maximum Gasteiger partial charge on any atom is 0.282 e. The summed E-state index contributed by atoms with van der Waals surface area (Å²) in [6.45, 7) is 0. The molecule has 2 aliphatic rings. The summed E-state index contributed by atoms with van der Waals surface area (Å²) in [7, 11) is 0. The second-order valence-electron chi connectivity index (χ2n) is 4.70. The van der Waals surface area contributed by atoms with Gasteiger partial charge in [0.25, 0.3) is 6.41 Å². The molecule has 0 spiro atoms. The highest BCUT2D eigenvalue weighted by atomic mass is 16.6. The van der Waals surface area contributed by atoms with E-state index in [-0.39, 0.29) is 5.91 Å². The number of nitrogens with one attached hydrogen (secondary N) is 1. The number of anilines is 2. The Morgan fingerprint density at radius 2 is 2.21 bits per heavy atom. The number of amides is 1. The number of piperidine rings is 1. The van der Waals surface area contributed by atoms with Gasteiger partial charge in [-0.1, -0.05) is 0 Å². The van der Waals surface area contributed by atoms with E-state index in [0.29, 0.717) is 30.0 Å². The molecule has 19 heavy (non-hydrogen) atoms. The molecular formula is C12H15N3O4. The number of ether oxygens (including phenoxy) is 1. The fourth-order valence-electron chi connectivity index (χ4n) is 2.53. The minimum absolute atomic E-state index is 0.203. The molecule has 3 unspecified atom stereocenters. The monoisotopic (exact) mass is 265 g/mol. The van der Waals surface area contributed by atoms with E-state index in [0.717, 1.165) is 0 Å². The molecule has 1 fully saturated rings. The molecule has 7 heteroatoms. The number of hydrogen-bond acceptors (Lipinski definition) is 6. The van der Waals surface area contributed by atoms with Crippen LogP contribution in [0.25, 0.3) is 0 Å². The highest BCUT2D eigenvalue weighted by Gasteiger charge is 2.40. The highest BCUT2D eigenvalue weighted by molar-refractivity contribution is 5.78. The zero-order valence-electron chi connectivity index (χ0n) is 10.1. The van der Waals surface area contributed by atoms with Crippen LogP contribution in [-0.4, -0.2) is 34.8 Å². The fraction of sp³-hybridized carbons (Fsp3) is 0.417. The molecule has 1 aromatic carbocycles. The third-order valence-corrected chi connectivity index (χ3v) is 3.43. The molecule has 0 saturated carbocycles. The van der Waals surface area contributed by atoms with Gasteiger partial charge < -0.3 is 30.9 Å². The Balaban J connectivity index is 1.93. The maximum atomic E-state index is 11.2. The lowest BCUT2D eigenvalue weighted by Crippen LogP contribution is -2.58. The maximum absolute atomic E-state index is 11.2. The van der Waals surface area contributed by atoms with Crippen molar-refractivity contribution in [3.05, 3.63) is 18.2 Å². The molecular weight excluding hydrogens is 250 g/mol. The van der Waals surface area contributed by atoms with E-state index in [1.165, 1.54) is 4.90 Å². The van der Waals surface area contributed by atoms with Crippen molar-refractivity contribution in [2.75, 3.05) is 10.6 Å². The summed E-state index contributed by atoms with van der Waals surface area (Å²) in [5.74, 6) is 0.303. The number of nitrogens with two attached hydrogens (primary N) is 1. The number of nitrogen functional groups attached to an aromatic ring is 1. The SMILES string of the molecule is Nc1ccc2c(c1)N(C1CCC(=O)NC1O)C(O)O2. The largest absolute Gasteiger partial charge is 0.445 e. The van der Waals surface area contributed by atoms with Crippen molar-refractivity contribution in [2.24, 2.45) is 0 Å². The highest BCUT2D eigenvalue weighted by Crippen LogP contribution is 2.40. The first-order valence-corrected chi connectivity index (χ1v) is 6.06. The van der Waals surface area contributed by atoms with Crippen LogP contribution in [0.15, 0.2) is 18.2 Å². The molecule has 0 aliphatic carbocycles. The first-order valence-electron chi connectivity index (χ1n) is 6.06. The second-order valence-corrected chi connectivity index (χ2v) is 4.70. The van der Waals surface area contributed by atoms with Crippen LogP contribution in [0.2, 0.25) is 0 Å². The molecule has 3 rings (SSSR count). The molecule has 2 aliphatic heterocycles. The molecule has 1 aromatic rings. The molecule has 2 heterocycles. The third kappa shape index (κ3) is 1.96. The summed E-state index contributed by atoms with van der Waals surface area (Å²) in [5.41, 5.74) is 6.88. The Morgan fingerprint density at radius 1 is 1.42 bits per heavy atom. The van der Waals surface area contributed by atoms with E-state index in [2.05, 4.69) is 5.32 Å². The molecule has 102 valence electrons. The van der Waals surface area contributed by atoms with Crippen LogP contribution in [0.4, 0.5) is 11.4 Å². The third-order valence-electron chi connectivity index (χ3n) is 3.43. The topological polar surface area (TPSA) is 108 Å². The van der Waals surface area contributed by atoms with Crippen molar-refractivity contribution >= 4 is 17.3 Å². The Hall–Kier alpha value is -1.99. The summed E-state index contributed by atoms with van der Waals surface area (Å²) >= 11 is 0. The van der Waals surface area contributed by atoms with Crippen molar-refractivity contribution in [1.29, 1.82) is 0 Å². The first kappa shape index (κ1) is 12.1. The van der Waals surface area contributed by atoms with Gasteiger partial charge in [-0.25, -0.2) is 0 Å². The smallest absolute Gasteiger partial charge is 0.282 e. The van der Waals surface area contributed by atoms with Crippen LogP contribution in [0.5, 0.6) is 5.75 Å². The lowest BCUT2D eigenvalue weighted by molar-refractivity contribution is -0.128. The average molecular weight is 265 g/mol. The zero-order chi connectivity index (χ0) is 13.6. The predicted molar refractivity (Wildman–Crippen MR) is 67.1 cm³/mol. The lowest BCUT2D eigenvalue weighted by Gasteiger charge is -2.37. The van der Waals surface area contributed by atoms with Crippen LogP contribution in [-0.2, 0) is 4.79 Å². The van der Waals surface area contributed by atoms with Gasteiger partial charge in [-0.15, -0.1) is 0 Å². The van der Waals surface area contributed by atoms with Crippen molar-refractivity contribution in [3.8, 4) is 5.75 Å². The standard InChI is InChI=1S/C12H15N3O4/c13-6-1-3-9-8(5-6)15(12(18)19-9)7-2-4-10(16)14-11(7)17/h1,3,5,7,11-12,17-18H,2,4,13H2,(H,14,16). The molecule has 3 atom stereocenters. The predicted octanol–water partition coefficient (Wildman–Crippen LogP) is -0.660. The van der Waals surface area contributed by atoms with Crippen molar-refractivity contribution in [2.45, 2.75) is 31.5 Å². The number of hydrogen-bond donors (Lipinski definition) is 4. The number of benzene rings is 1. The molecule has 1 amide bonds. The summed E-state index contributed by atoms with van der Waals surface area (Å²) < 4.78 is 5.30. The normalized spacial score (nSPS) is 29.7. The number of rotatable bonds is 1. The van der Waals surface area contributed by atoms with E-state index in [4.69, 9.17) is 10.5 Å². The van der Waals surface area contributed by atoms with Crippen LogP contribution in [0.1, 0.15) is 12.8 Å². The van der Waals surface area contributed by atoms with Crippen LogP contribution in [0, 0.1) is 0 Å². The number of aliphatic hydroxyl groups is 2. The van der Waals surface area contributed by atoms with E-state index < -0.39 is 18.7 Å². The van der Waals surface area contributed by atoms with E-state index >= 15 is 0 Å². The number of carbonyl (C=O) groups excluding carboxylic acids is 1. The Morgan fingerprint density at radius 3 is 2.95 bits per heavy atom. The lowest BCUT2D eigenvalue weighted by atomic mass is 10.0. The molecule has 7 nitrogen and oxygen atoms in total. The molecule has 5 N–H and O–H groups in total. The number of nitrogens with zero attached hydrogens (tertiary/aromatic N) is 1. The molecule has 0 aromatic heterocycles. The average Bonchev–Trinajstić information content (AvgIpc) is 2.65. The summed E-state index contributed by atoms with van der Waals surface area (Å²) in [6, 6.07) is 4.57. The Kier molecular flexibility index (Phi) is 2.72. The van der Waals surface area contributed by atoms with Crippen molar-refractivity contribution in [1.82, 2.24) is 5.32 Å². The van der Waals surface area contributed by atoms with Gasteiger partial charge in [-0.3, -0.25) is 4.79 Å². The summed E-state index contributed by atoms with van der Waals surface area (Å²) in [5, 5.41) is 22.4.